The van der Waals surface area contributed by atoms with Crippen LogP contribution >= 0.6 is 24.0 Å². The minimum absolute atomic E-state index is 0. The fourth-order valence-electron chi connectivity index (χ4n) is 3.30. The number of morpholine rings is 1. The molecule has 0 amide bonds. The third-order valence-corrected chi connectivity index (χ3v) is 4.92. The van der Waals surface area contributed by atoms with E-state index in [-0.39, 0.29) is 24.0 Å². The van der Waals surface area contributed by atoms with Crippen LogP contribution in [0.25, 0.3) is 11.4 Å². The highest BCUT2D eigenvalue weighted by molar-refractivity contribution is 14.0. The maximum Gasteiger partial charge on any atom is 0.191 e. The molecule has 2 heterocycles. The molecule has 1 fully saturated rings. The van der Waals surface area contributed by atoms with E-state index in [0.717, 1.165) is 24.4 Å². The van der Waals surface area contributed by atoms with Crippen molar-refractivity contribution in [2.24, 2.45) is 4.99 Å². The van der Waals surface area contributed by atoms with E-state index < -0.39 is 5.60 Å². The maximum atomic E-state index is 10.8. The Hall–Kier alpha value is -1.96. The Kier molecular flexibility index (Phi) is 10.6. The largest absolute Gasteiger partial charge is 0.497 e. The van der Waals surface area contributed by atoms with Crippen molar-refractivity contribution in [3.63, 3.8) is 0 Å². The van der Waals surface area contributed by atoms with Crippen molar-refractivity contribution >= 4 is 29.9 Å². The molecule has 1 aliphatic heterocycles. The number of halogens is 1. The van der Waals surface area contributed by atoms with Crippen LogP contribution in [0.3, 0.4) is 0 Å². The van der Waals surface area contributed by atoms with Gasteiger partial charge in [-0.05, 0) is 38.1 Å². The van der Waals surface area contributed by atoms with E-state index >= 15 is 0 Å². The minimum atomic E-state index is -0.888. The van der Waals surface area contributed by atoms with Crippen LogP contribution in [-0.4, -0.2) is 89.8 Å². The van der Waals surface area contributed by atoms with Crippen LogP contribution in [0.4, 0.5) is 0 Å². The van der Waals surface area contributed by atoms with E-state index in [1.165, 1.54) is 0 Å². The summed E-state index contributed by atoms with van der Waals surface area (Å²) >= 11 is 0. The van der Waals surface area contributed by atoms with Gasteiger partial charge in [0.1, 0.15) is 18.1 Å². The fourth-order valence-corrected chi connectivity index (χ4v) is 3.30. The summed E-state index contributed by atoms with van der Waals surface area (Å²) in [7, 11) is 1.63. The topological polar surface area (TPSA) is 120 Å². The molecule has 10 nitrogen and oxygen atoms in total. The molecular weight excluding hydrogens is 525 g/mol. The molecule has 1 atom stereocenters. The summed E-state index contributed by atoms with van der Waals surface area (Å²) < 4.78 is 10.6. The molecule has 4 N–H and O–H groups in total. The number of aromatic amines is 1. The second kappa shape index (κ2) is 12.9. The number of hydrogen-bond donors (Lipinski definition) is 4. The summed E-state index contributed by atoms with van der Waals surface area (Å²) in [5.74, 6) is 2.67. The Balaban J connectivity index is 0.00000363. The van der Waals surface area contributed by atoms with E-state index in [0.29, 0.717) is 57.0 Å². The summed E-state index contributed by atoms with van der Waals surface area (Å²) in [6.07, 6.45) is 0. The van der Waals surface area contributed by atoms with Crippen LogP contribution in [0.2, 0.25) is 0 Å². The molecule has 3 rings (SSSR count). The minimum Gasteiger partial charge on any atom is -0.497 e. The molecule has 0 radical (unpaired) electrons. The Morgan fingerprint density at radius 3 is 2.66 bits per heavy atom. The molecule has 1 saturated heterocycles. The Morgan fingerprint density at radius 1 is 1.28 bits per heavy atom. The first-order chi connectivity index (χ1) is 15.0. The predicted octanol–water partition coefficient (Wildman–Crippen LogP) is 1.24. The number of benzene rings is 1. The van der Waals surface area contributed by atoms with Crippen LogP contribution in [0.1, 0.15) is 19.7 Å². The van der Waals surface area contributed by atoms with Gasteiger partial charge in [-0.2, -0.15) is 5.10 Å². The Bertz CT molecular complexity index is 836. The average molecular weight is 559 g/mol. The van der Waals surface area contributed by atoms with Gasteiger partial charge in [0, 0.05) is 38.3 Å². The summed E-state index contributed by atoms with van der Waals surface area (Å²) in [6, 6.07) is 7.58. The SMILES string of the molecule is CCNC(=NCc1nc(-c2ccc(OC)cc2)n[nH]1)NCC(C)(O)CN1CCOCC1.I. The molecule has 11 heteroatoms. The molecule has 0 bridgehead atoms. The number of nitrogens with zero attached hydrogens (tertiary/aromatic N) is 4. The van der Waals surface area contributed by atoms with Crippen molar-refractivity contribution in [3.8, 4) is 17.1 Å². The van der Waals surface area contributed by atoms with Crippen molar-refractivity contribution in [2.45, 2.75) is 26.0 Å². The van der Waals surface area contributed by atoms with Gasteiger partial charge >= 0.3 is 0 Å². The monoisotopic (exact) mass is 559 g/mol. The molecule has 0 spiro atoms. The van der Waals surface area contributed by atoms with Gasteiger partial charge in [-0.15, -0.1) is 24.0 Å². The molecule has 2 aromatic rings. The van der Waals surface area contributed by atoms with Gasteiger partial charge in [0.2, 0.25) is 0 Å². The number of guanidine groups is 1. The van der Waals surface area contributed by atoms with Crippen molar-refractivity contribution in [3.05, 3.63) is 30.1 Å². The van der Waals surface area contributed by atoms with Gasteiger partial charge in [-0.1, -0.05) is 0 Å². The van der Waals surface area contributed by atoms with Gasteiger partial charge < -0.3 is 25.2 Å². The molecule has 32 heavy (non-hydrogen) atoms. The first-order valence-corrected chi connectivity index (χ1v) is 10.6. The van der Waals surface area contributed by atoms with Crippen LogP contribution in [-0.2, 0) is 11.3 Å². The molecule has 0 aliphatic carbocycles. The third-order valence-electron chi connectivity index (χ3n) is 4.92. The van der Waals surface area contributed by atoms with E-state index in [4.69, 9.17) is 9.47 Å². The summed E-state index contributed by atoms with van der Waals surface area (Å²) in [5.41, 5.74) is 0.0119. The third kappa shape index (κ3) is 8.19. The van der Waals surface area contributed by atoms with E-state index in [2.05, 4.69) is 35.7 Å². The average Bonchev–Trinajstić information content (AvgIpc) is 3.25. The highest BCUT2D eigenvalue weighted by Crippen LogP contribution is 2.19. The second-order valence-corrected chi connectivity index (χ2v) is 7.77. The van der Waals surface area contributed by atoms with Gasteiger partial charge in [0.05, 0.1) is 25.9 Å². The van der Waals surface area contributed by atoms with Crippen LogP contribution in [0, 0.1) is 0 Å². The number of aliphatic hydroxyl groups is 1. The summed E-state index contributed by atoms with van der Waals surface area (Å²) in [6.45, 7) is 8.94. The highest BCUT2D eigenvalue weighted by atomic mass is 127. The number of rotatable bonds is 9. The quantitative estimate of drug-likeness (QED) is 0.206. The number of methoxy groups -OCH3 is 1. The summed E-state index contributed by atoms with van der Waals surface area (Å²) in [4.78, 5) is 11.3. The number of H-pyrrole nitrogens is 1. The number of hydrogen-bond acceptors (Lipinski definition) is 7. The van der Waals surface area contributed by atoms with Gasteiger partial charge in [-0.25, -0.2) is 9.98 Å². The van der Waals surface area contributed by atoms with E-state index in [1.54, 1.807) is 7.11 Å². The van der Waals surface area contributed by atoms with Crippen LogP contribution in [0.5, 0.6) is 5.75 Å². The molecule has 1 unspecified atom stereocenters. The predicted molar refractivity (Wildman–Crippen MR) is 134 cm³/mol. The van der Waals surface area contributed by atoms with Gasteiger partial charge in [-0.3, -0.25) is 10.00 Å². The lowest BCUT2D eigenvalue weighted by Gasteiger charge is -2.34. The Labute approximate surface area is 206 Å². The summed E-state index contributed by atoms with van der Waals surface area (Å²) in [5, 5.41) is 24.4. The first kappa shape index (κ1) is 26.3. The lowest BCUT2D eigenvalue weighted by atomic mass is 10.1. The van der Waals surface area contributed by atoms with Crippen molar-refractivity contribution in [2.75, 3.05) is 53.0 Å². The fraction of sp³-hybridized carbons (Fsp3) is 0.571. The van der Waals surface area contributed by atoms with E-state index in [9.17, 15) is 5.11 Å². The van der Waals surface area contributed by atoms with Crippen molar-refractivity contribution in [1.29, 1.82) is 0 Å². The van der Waals surface area contributed by atoms with Gasteiger partial charge in [0.15, 0.2) is 11.8 Å². The molecular formula is C21H34IN7O3. The molecule has 0 saturated carbocycles. The number of β-amino-alcohol motifs (C(OH)–C–C–N with tert-alkyl or cyclic N) is 1. The standard InChI is InChI=1S/C21H33N7O3.HI/c1-4-22-20(24-14-21(2,29)15-28-9-11-31-12-10-28)23-13-18-25-19(27-26-18)16-5-7-17(30-3)8-6-16;/h5-8,29H,4,9-15H2,1-3H3,(H2,22,23,24)(H,25,26,27);1H. The van der Waals surface area contributed by atoms with Crippen molar-refractivity contribution < 1.29 is 14.6 Å². The van der Waals surface area contributed by atoms with Gasteiger partial charge in [0.25, 0.3) is 0 Å². The lowest BCUT2D eigenvalue weighted by molar-refractivity contribution is -0.0201. The highest BCUT2D eigenvalue weighted by Gasteiger charge is 2.25. The number of nitrogens with one attached hydrogen (secondary N) is 3. The Morgan fingerprint density at radius 2 is 2.00 bits per heavy atom. The maximum absolute atomic E-state index is 10.8. The number of aromatic nitrogens is 3. The van der Waals surface area contributed by atoms with Crippen molar-refractivity contribution in [1.82, 2.24) is 30.7 Å². The zero-order chi connectivity index (χ0) is 22.1. The lowest BCUT2D eigenvalue weighted by Crippen LogP contribution is -2.52. The molecule has 1 aromatic carbocycles. The van der Waals surface area contributed by atoms with E-state index in [1.807, 2.05) is 38.1 Å². The zero-order valence-electron chi connectivity index (χ0n) is 18.9. The number of aliphatic imine (C=N–C) groups is 1. The van der Waals surface area contributed by atoms with Crippen LogP contribution < -0.4 is 15.4 Å². The molecule has 1 aliphatic rings. The smallest absolute Gasteiger partial charge is 0.191 e. The molecule has 178 valence electrons. The normalized spacial score (nSPS) is 16.7. The number of ether oxygens (including phenoxy) is 2. The zero-order valence-corrected chi connectivity index (χ0v) is 21.3. The molecule has 1 aromatic heterocycles. The first-order valence-electron chi connectivity index (χ1n) is 10.6. The van der Waals surface area contributed by atoms with Crippen LogP contribution in [0.15, 0.2) is 29.3 Å². The second-order valence-electron chi connectivity index (χ2n) is 7.77.